The Morgan fingerprint density at radius 3 is 1.97 bits per heavy atom. The summed E-state index contributed by atoms with van der Waals surface area (Å²) >= 11 is 0. The highest BCUT2D eigenvalue weighted by atomic mass is 16.5. The second-order valence-corrected chi connectivity index (χ2v) is 7.45. The molecule has 3 rings (SSSR count). The first kappa shape index (κ1) is 24.3. The molecule has 3 aromatic carbocycles. The third-order valence-corrected chi connectivity index (χ3v) is 5.28. The lowest BCUT2D eigenvalue weighted by Crippen LogP contribution is -2.43. The monoisotopic (exact) mass is 456 g/mol. The van der Waals surface area contributed by atoms with Crippen molar-refractivity contribution in [3.63, 3.8) is 0 Å². The molecule has 0 aliphatic rings. The van der Waals surface area contributed by atoms with E-state index in [9.17, 15) is 19.2 Å². The van der Waals surface area contributed by atoms with Crippen molar-refractivity contribution in [2.75, 3.05) is 14.2 Å². The van der Waals surface area contributed by atoms with Gasteiger partial charge < -0.3 is 9.47 Å². The van der Waals surface area contributed by atoms with Crippen LogP contribution in [0.25, 0.3) is 11.3 Å². The molecule has 0 saturated carbocycles. The van der Waals surface area contributed by atoms with Crippen LogP contribution in [0.4, 0.5) is 0 Å². The first-order chi connectivity index (χ1) is 16.4. The molecule has 172 valence electrons. The van der Waals surface area contributed by atoms with E-state index in [0.29, 0.717) is 11.3 Å². The molecular formula is C28H24O6. The molecular weight excluding hydrogens is 432 g/mol. The summed E-state index contributed by atoms with van der Waals surface area (Å²) in [4.78, 5) is 52.0. The number of ether oxygens (including phenoxy) is 2. The van der Waals surface area contributed by atoms with Gasteiger partial charge in [0, 0.05) is 21.6 Å². The number of hydrogen-bond donors (Lipinski definition) is 0. The summed E-state index contributed by atoms with van der Waals surface area (Å²) in [5, 5.41) is 0.125. The Morgan fingerprint density at radius 1 is 0.765 bits per heavy atom. The average Bonchev–Trinajstić information content (AvgIpc) is 3.04. The normalized spacial score (nSPS) is 12.3. The highest BCUT2D eigenvalue weighted by Crippen LogP contribution is 2.15. The fraction of sp³-hybridized carbons (Fsp3) is 0.143. The number of benzene rings is 2. The Kier molecular flexibility index (Phi) is 7.88. The van der Waals surface area contributed by atoms with E-state index in [2.05, 4.69) is 0 Å². The summed E-state index contributed by atoms with van der Waals surface area (Å²) in [6.45, 7) is 1.24. The summed E-state index contributed by atoms with van der Waals surface area (Å²) in [5.41, 5.74) is -0.0803. The van der Waals surface area contributed by atoms with Gasteiger partial charge in [-0.3, -0.25) is 19.2 Å². The van der Waals surface area contributed by atoms with Gasteiger partial charge in [-0.05, 0) is 37.3 Å². The van der Waals surface area contributed by atoms with Gasteiger partial charge in [0.1, 0.15) is 11.5 Å². The van der Waals surface area contributed by atoms with Gasteiger partial charge in [-0.25, -0.2) is 0 Å². The van der Waals surface area contributed by atoms with Crippen LogP contribution in [0, 0.1) is 0 Å². The van der Waals surface area contributed by atoms with Crippen molar-refractivity contribution < 1.29 is 23.9 Å². The van der Waals surface area contributed by atoms with Crippen molar-refractivity contribution in [1.29, 1.82) is 0 Å². The molecule has 0 spiro atoms. The Labute approximate surface area is 196 Å². The number of Topliss-reactive ketones (excluding diaryl/α,β-unsaturated/α-hetero) is 3. The minimum absolute atomic E-state index is 0.0919. The molecule has 0 saturated heterocycles. The van der Waals surface area contributed by atoms with E-state index < -0.39 is 17.0 Å². The summed E-state index contributed by atoms with van der Waals surface area (Å²) < 4.78 is 10.6. The number of carbonyl (C=O) groups is 3. The van der Waals surface area contributed by atoms with Crippen LogP contribution < -0.4 is 20.6 Å². The molecule has 0 aromatic heterocycles. The van der Waals surface area contributed by atoms with Gasteiger partial charge in [0.25, 0.3) is 0 Å². The average molecular weight is 456 g/mol. The van der Waals surface area contributed by atoms with E-state index in [1.54, 1.807) is 66.7 Å². The van der Waals surface area contributed by atoms with Crippen LogP contribution in [0.5, 0.6) is 5.75 Å². The van der Waals surface area contributed by atoms with Crippen LogP contribution in [0.15, 0.2) is 83.7 Å². The maximum atomic E-state index is 13.3. The summed E-state index contributed by atoms with van der Waals surface area (Å²) in [6, 6.07) is 20.8. The molecule has 34 heavy (non-hydrogen) atoms. The van der Waals surface area contributed by atoms with Crippen LogP contribution in [0.1, 0.15) is 34.1 Å². The van der Waals surface area contributed by atoms with Gasteiger partial charge in [0.15, 0.2) is 22.8 Å². The summed E-state index contributed by atoms with van der Waals surface area (Å²) in [5.74, 6) is -0.613. The lowest BCUT2D eigenvalue weighted by molar-refractivity contribution is -0.111. The maximum Gasteiger partial charge on any atom is 0.197 e. The Balaban J connectivity index is 2.30. The molecule has 6 nitrogen and oxygen atoms in total. The molecule has 3 aromatic rings. The van der Waals surface area contributed by atoms with Gasteiger partial charge in [0.05, 0.1) is 26.2 Å². The number of hydrogen-bond acceptors (Lipinski definition) is 6. The van der Waals surface area contributed by atoms with Gasteiger partial charge in [0.2, 0.25) is 0 Å². The topological polar surface area (TPSA) is 86.7 Å². The van der Waals surface area contributed by atoms with Crippen molar-refractivity contribution in [3.05, 3.63) is 111 Å². The van der Waals surface area contributed by atoms with Gasteiger partial charge in [-0.15, -0.1) is 0 Å². The van der Waals surface area contributed by atoms with E-state index in [4.69, 9.17) is 9.47 Å². The SMILES string of the molecule is CO/C(CC(=O)c1ccc(OC)cc1)=c1/ccccc(=O)/c1=C(\C(C)=O)C(=O)c1ccccc1. The van der Waals surface area contributed by atoms with E-state index in [1.807, 2.05) is 0 Å². The minimum Gasteiger partial charge on any atom is -0.500 e. The largest absolute Gasteiger partial charge is 0.500 e. The number of carbonyl (C=O) groups excluding carboxylic acids is 3. The molecule has 0 aliphatic heterocycles. The standard InChI is InChI=1S/C28H24O6/c1-18(29)26(28(32)20-9-5-4-6-10-20)27-22(11-7-8-12-23(27)30)25(34-3)17-24(31)19-13-15-21(33-2)16-14-19/h4-16H,17H2,1-3H3/b25-22-,27-26+. The van der Waals surface area contributed by atoms with Gasteiger partial charge >= 0.3 is 0 Å². The lowest BCUT2D eigenvalue weighted by atomic mass is 9.97. The molecule has 0 N–H and O–H groups in total. The molecule has 0 unspecified atom stereocenters. The van der Waals surface area contributed by atoms with Crippen LogP contribution in [0.3, 0.4) is 0 Å². The molecule has 6 heteroatoms. The molecule has 0 bridgehead atoms. The maximum absolute atomic E-state index is 13.3. The Bertz CT molecular complexity index is 1400. The van der Waals surface area contributed by atoms with Crippen molar-refractivity contribution >= 4 is 28.7 Å². The third kappa shape index (κ3) is 5.35. The van der Waals surface area contributed by atoms with Crippen molar-refractivity contribution in [2.24, 2.45) is 0 Å². The zero-order valence-electron chi connectivity index (χ0n) is 19.2. The van der Waals surface area contributed by atoms with Crippen LogP contribution in [0.2, 0.25) is 0 Å². The molecule has 0 fully saturated rings. The Hall–Kier alpha value is -4.32. The fourth-order valence-corrected chi connectivity index (χ4v) is 3.57. The quantitative estimate of drug-likeness (QED) is 0.383. The van der Waals surface area contributed by atoms with E-state index in [-0.39, 0.29) is 39.5 Å². The molecule has 0 aliphatic carbocycles. The zero-order chi connectivity index (χ0) is 24.7. The third-order valence-electron chi connectivity index (χ3n) is 5.28. The zero-order valence-corrected chi connectivity index (χ0v) is 19.2. The van der Waals surface area contributed by atoms with Crippen molar-refractivity contribution in [3.8, 4) is 5.75 Å². The minimum atomic E-state index is -0.574. The van der Waals surface area contributed by atoms with E-state index in [1.165, 1.54) is 33.3 Å². The molecule has 0 radical (unpaired) electrons. The van der Waals surface area contributed by atoms with Gasteiger partial charge in [-0.2, -0.15) is 0 Å². The number of methoxy groups -OCH3 is 2. The predicted molar refractivity (Wildman–Crippen MR) is 129 cm³/mol. The first-order valence-corrected chi connectivity index (χ1v) is 10.6. The second-order valence-electron chi connectivity index (χ2n) is 7.45. The smallest absolute Gasteiger partial charge is 0.197 e. The van der Waals surface area contributed by atoms with Crippen LogP contribution in [-0.2, 0) is 9.53 Å². The molecule has 0 heterocycles. The second kappa shape index (κ2) is 11.0. The molecule has 0 atom stereocenters. The van der Waals surface area contributed by atoms with E-state index >= 15 is 0 Å². The molecule has 0 amide bonds. The van der Waals surface area contributed by atoms with Crippen LogP contribution >= 0.6 is 0 Å². The van der Waals surface area contributed by atoms with Crippen molar-refractivity contribution in [2.45, 2.75) is 13.3 Å². The fourth-order valence-electron chi connectivity index (χ4n) is 3.57. The predicted octanol–water partition coefficient (Wildman–Crippen LogP) is 2.71. The summed E-state index contributed by atoms with van der Waals surface area (Å²) in [7, 11) is 2.91. The number of ketones is 3. The highest BCUT2D eigenvalue weighted by Gasteiger charge is 2.20. The highest BCUT2D eigenvalue weighted by molar-refractivity contribution is 6.45. The first-order valence-electron chi connectivity index (χ1n) is 10.6. The van der Waals surface area contributed by atoms with E-state index in [0.717, 1.165) is 0 Å². The lowest BCUT2D eigenvalue weighted by Gasteiger charge is -2.08. The van der Waals surface area contributed by atoms with Crippen LogP contribution in [-0.4, -0.2) is 31.6 Å². The summed E-state index contributed by atoms with van der Waals surface area (Å²) in [6.07, 6.45) is -0.177. The van der Waals surface area contributed by atoms with Gasteiger partial charge in [-0.1, -0.05) is 48.5 Å². The number of rotatable bonds is 8. The Morgan fingerprint density at radius 2 is 1.38 bits per heavy atom. The van der Waals surface area contributed by atoms with Crippen molar-refractivity contribution in [1.82, 2.24) is 0 Å².